The van der Waals surface area contributed by atoms with Crippen LogP contribution in [0.25, 0.3) is 11.4 Å². The van der Waals surface area contributed by atoms with Crippen LogP contribution in [-0.2, 0) is 17.8 Å². The lowest BCUT2D eigenvalue weighted by atomic mass is 9.89. The Labute approximate surface area is 166 Å². The normalized spacial score (nSPS) is 13.9. The van der Waals surface area contributed by atoms with E-state index in [0.717, 1.165) is 48.4 Å². The van der Waals surface area contributed by atoms with E-state index in [0.29, 0.717) is 18.9 Å². The van der Waals surface area contributed by atoms with Gasteiger partial charge in [0.25, 0.3) is 0 Å². The predicted molar refractivity (Wildman–Crippen MR) is 109 cm³/mol. The number of amides is 1. The summed E-state index contributed by atoms with van der Waals surface area (Å²) in [4.78, 5) is 27.2. The van der Waals surface area contributed by atoms with E-state index in [2.05, 4.69) is 24.1 Å². The van der Waals surface area contributed by atoms with E-state index in [1.807, 2.05) is 17.0 Å². The van der Waals surface area contributed by atoms with Gasteiger partial charge in [0, 0.05) is 50.1 Å². The fraction of sp³-hybridized carbons (Fsp3) is 0.524. The van der Waals surface area contributed by atoms with Crippen molar-refractivity contribution in [3.8, 4) is 11.4 Å². The zero-order valence-corrected chi connectivity index (χ0v) is 16.9. The van der Waals surface area contributed by atoms with Crippen molar-refractivity contribution in [1.82, 2.24) is 19.9 Å². The molecule has 0 aliphatic carbocycles. The van der Waals surface area contributed by atoms with Crippen LogP contribution in [0.1, 0.15) is 44.9 Å². The lowest BCUT2D eigenvalue weighted by Gasteiger charge is -2.29. The molecule has 28 heavy (non-hydrogen) atoms. The van der Waals surface area contributed by atoms with Crippen LogP contribution in [0.4, 0.5) is 5.82 Å². The number of anilines is 1. The van der Waals surface area contributed by atoms with Gasteiger partial charge in [0.2, 0.25) is 5.91 Å². The van der Waals surface area contributed by atoms with Crippen molar-refractivity contribution in [2.24, 2.45) is 5.41 Å². The smallest absolute Gasteiger partial charge is 0.219 e. The van der Waals surface area contributed by atoms with E-state index in [4.69, 9.17) is 9.97 Å². The maximum atomic E-state index is 11.8. The summed E-state index contributed by atoms with van der Waals surface area (Å²) in [6.45, 7) is 7.89. The Morgan fingerprint density at radius 2 is 2.04 bits per heavy atom. The van der Waals surface area contributed by atoms with Crippen LogP contribution in [-0.4, -0.2) is 50.6 Å². The standard InChI is InChI=1S/C21H29N5O2/c1-15(28)26-12-7-17-18(13-26)24-19(16-5-10-22-11-6-16)25-20(17)23-9-4-8-21(2,3)14-27/h5-6,10-11,27H,4,7-9,12-14H2,1-3H3,(H,23,24,25). The van der Waals surface area contributed by atoms with Crippen LogP contribution in [0.3, 0.4) is 0 Å². The first-order chi connectivity index (χ1) is 13.4. The molecule has 2 N–H and O–H groups in total. The van der Waals surface area contributed by atoms with E-state index in [1.54, 1.807) is 19.3 Å². The van der Waals surface area contributed by atoms with Crippen LogP contribution in [0, 0.1) is 5.41 Å². The van der Waals surface area contributed by atoms with Crippen LogP contribution in [0.5, 0.6) is 0 Å². The molecule has 0 saturated heterocycles. The Hall–Kier alpha value is -2.54. The van der Waals surface area contributed by atoms with Crippen molar-refractivity contribution < 1.29 is 9.90 Å². The van der Waals surface area contributed by atoms with Gasteiger partial charge in [-0.05, 0) is 36.8 Å². The minimum atomic E-state index is -0.0725. The summed E-state index contributed by atoms with van der Waals surface area (Å²) >= 11 is 0. The van der Waals surface area contributed by atoms with Crippen LogP contribution in [0.15, 0.2) is 24.5 Å². The Kier molecular flexibility index (Phi) is 6.24. The van der Waals surface area contributed by atoms with Crippen molar-refractivity contribution in [2.75, 3.05) is 25.0 Å². The number of rotatable bonds is 7. The van der Waals surface area contributed by atoms with Crippen LogP contribution < -0.4 is 5.32 Å². The SMILES string of the molecule is CC(=O)N1CCc2c(nc(-c3ccncc3)nc2NCCCC(C)(C)CO)C1. The highest BCUT2D eigenvalue weighted by molar-refractivity contribution is 5.74. The lowest BCUT2D eigenvalue weighted by Crippen LogP contribution is -2.35. The average Bonchev–Trinajstić information content (AvgIpc) is 2.71. The Morgan fingerprint density at radius 3 is 2.71 bits per heavy atom. The van der Waals surface area contributed by atoms with Crippen molar-refractivity contribution in [1.29, 1.82) is 0 Å². The van der Waals surface area contributed by atoms with Crippen LogP contribution in [0.2, 0.25) is 0 Å². The van der Waals surface area contributed by atoms with E-state index in [1.165, 1.54) is 0 Å². The largest absolute Gasteiger partial charge is 0.396 e. The molecule has 3 rings (SSSR count). The highest BCUT2D eigenvalue weighted by Crippen LogP contribution is 2.27. The minimum absolute atomic E-state index is 0.0652. The molecule has 1 amide bonds. The molecule has 0 atom stereocenters. The Morgan fingerprint density at radius 1 is 1.29 bits per heavy atom. The zero-order valence-electron chi connectivity index (χ0n) is 16.9. The number of nitrogens with one attached hydrogen (secondary N) is 1. The first-order valence-electron chi connectivity index (χ1n) is 9.80. The molecule has 3 heterocycles. The number of aliphatic hydroxyl groups excluding tert-OH is 1. The number of hydrogen-bond acceptors (Lipinski definition) is 6. The average molecular weight is 383 g/mol. The number of hydrogen-bond donors (Lipinski definition) is 2. The van der Waals surface area contributed by atoms with Gasteiger partial charge < -0.3 is 15.3 Å². The monoisotopic (exact) mass is 383 g/mol. The molecular formula is C21H29N5O2. The molecule has 1 aliphatic heterocycles. The topological polar surface area (TPSA) is 91.2 Å². The molecule has 0 fully saturated rings. The second-order valence-electron chi connectivity index (χ2n) is 8.10. The molecule has 1 aliphatic rings. The van der Waals surface area contributed by atoms with E-state index in [-0.39, 0.29) is 17.9 Å². The Bertz CT molecular complexity index is 823. The molecule has 0 saturated carbocycles. The highest BCUT2D eigenvalue weighted by Gasteiger charge is 2.24. The van der Waals surface area contributed by atoms with E-state index >= 15 is 0 Å². The van der Waals surface area contributed by atoms with E-state index in [9.17, 15) is 9.90 Å². The van der Waals surface area contributed by atoms with Gasteiger partial charge in [-0.25, -0.2) is 9.97 Å². The van der Waals surface area contributed by atoms with Gasteiger partial charge in [0.05, 0.1) is 12.2 Å². The van der Waals surface area contributed by atoms with Crippen molar-refractivity contribution in [3.63, 3.8) is 0 Å². The molecule has 0 aromatic carbocycles. The maximum Gasteiger partial charge on any atom is 0.219 e. The molecule has 7 nitrogen and oxygen atoms in total. The number of carbonyl (C=O) groups is 1. The third kappa shape index (κ3) is 4.84. The summed E-state index contributed by atoms with van der Waals surface area (Å²) in [7, 11) is 0. The van der Waals surface area contributed by atoms with Gasteiger partial charge in [-0.15, -0.1) is 0 Å². The first kappa shape index (κ1) is 20.2. The molecule has 0 spiro atoms. The zero-order chi connectivity index (χ0) is 20.1. The number of pyridine rings is 1. The summed E-state index contributed by atoms with van der Waals surface area (Å²) in [6, 6.07) is 3.78. The third-order valence-electron chi connectivity index (χ3n) is 5.20. The molecule has 0 radical (unpaired) electrons. The van der Waals surface area contributed by atoms with Gasteiger partial charge >= 0.3 is 0 Å². The Balaban J connectivity index is 1.83. The number of aromatic nitrogens is 3. The second kappa shape index (κ2) is 8.65. The second-order valence-corrected chi connectivity index (χ2v) is 8.10. The number of aliphatic hydroxyl groups is 1. The van der Waals surface area contributed by atoms with Gasteiger partial charge in [0.15, 0.2) is 5.82 Å². The lowest BCUT2D eigenvalue weighted by molar-refractivity contribution is -0.129. The molecule has 0 unspecified atom stereocenters. The van der Waals surface area contributed by atoms with Gasteiger partial charge in [-0.1, -0.05) is 13.8 Å². The quantitative estimate of drug-likeness (QED) is 0.714. The van der Waals surface area contributed by atoms with Crippen molar-refractivity contribution in [3.05, 3.63) is 35.8 Å². The summed E-state index contributed by atoms with van der Waals surface area (Å²) in [5.41, 5.74) is 2.83. The van der Waals surface area contributed by atoms with Gasteiger partial charge in [-0.2, -0.15) is 0 Å². The number of fused-ring (bicyclic) bond motifs is 1. The molecule has 2 aromatic heterocycles. The molecule has 150 valence electrons. The van der Waals surface area contributed by atoms with E-state index < -0.39 is 0 Å². The minimum Gasteiger partial charge on any atom is -0.396 e. The number of nitrogens with zero attached hydrogens (tertiary/aromatic N) is 4. The van der Waals surface area contributed by atoms with Crippen molar-refractivity contribution in [2.45, 2.75) is 46.6 Å². The molecule has 2 aromatic rings. The summed E-state index contributed by atoms with van der Waals surface area (Å²) in [6.07, 6.45) is 6.07. The molecule has 7 heteroatoms. The summed E-state index contributed by atoms with van der Waals surface area (Å²) in [5, 5.41) is 12.9. The van der Waals surface area contributed by atoms with Gasteiger partial charge in [0.1, 0.15) is 5.82 Å². The highest BCUT2D eigenvalue weighted by atomic mass is 16.3. The fourth-order valence-electron chi connectivity index (χ4n) is 3.33. The predicted octanol–water partition coefficient (Wildman–Crippen LogP) is 2.65. The maximum absolute atomic E-state index is 11.8. The number of carbonyl (C=O) groups excluding carboxylic acids is 1. The summed E-state index contributed by atoms with van der Waals surface area (Å²) in [5.74, 6) is 1.56. The first-order valence-corrected chi connectivity index (χ1v) is 9.80. The molecular weight excluding hydrogens is 354 g/mol. The van der Waals surface area contributed by atoms with Crippen LogP contribution >= 0.6 is 0 Å². The third-order valence-corrected chi connectivity index (χ3v) is 5.20. The molecule has 0 bridgehead atoms. The van der Waals surface area contributed by atoms with Crippen molar-refractivity contribution >= 4 is 11.7 Å². The fourth-order valence-corrected chi connectivity index (χ4v) is 3.33. The summed E-state index contributed by atoms with van der Waals surface area (Å²) < 4.78 is 0. The van der Waals surface area contributed by atoms with Gasteiger partial charge in [-0.3, -0.25) is 9.78 Å².